The lowest BCUT2D eigenvalue weighted by atomic mass is 9.59. The number of benzene rings is 1. The van der Waals surface area contributed by atoms with E-state index >= 15 is 0 Å². The summed E-state index contributed by atoms with van der Waals surface area (Å²) in [5.41, 5.74) is 2.87. The molecule has 4 rings (SSSR count). The Hall–Kier alpha value is -0.820. The van der Waals surface area contributed by atoms with Crippen LogP contribution in [-0.4, -0.2) is 10.7 Å². The van der Waals surface area contributed by atoms with E-state index in [1.807, 2.05) is 0 Å². The van der Waals surface area contributed by atoms with E-state index in [1.54, 1.807) is 11.1 Å². The molecule has 4 atom stereocenters. The molecule has 0 aliphatic heterocycles. The highest BCUT2D eigenvalue weighted by Crippen LogP contribution is 2.56. The Kier molecular flexibility index (Phi) is 2.35. The van der Waals surface area contributed by atoms with Crippen molar-refractivity contribution in [1.82, 2.24) is 0 Å². The fourth-order valence-electron chi connectivity index (χ4n) is 5.14. The number of aliphatic hydroxyl groups is 1. The Balaban J connectivity index is 1.73. The van der Waals surface area contributed by atoms with E-state index in [1.165, 1.54) is 32.1 Å². The van der Waals surface area contributed by atoms with E-state index in [0.29, 0.717) is 5.92 Å². The maximum Gasteiger partial charge on any atom is 0.0678 e. The summed E-state index contributed by atoms with van der Waals surface area (Å²) in [6.07, 6.45) is 8.33. The third-order valence-electron chi connectivity index (χ3n) is 5.94. The van der Waals surface area contributed by atoms with Crippen molar-refractivity contribution in [3.8, 4) is 0 Å². The first-order valence-corrected chi connectivity index (χ1v) is 7.58. The molecule has 0 heterocycles. The summed E-state index contributed by atoms with van der Waals surface area (Å²) in [5.74, 6) is 2.07. The minimum Gasteiger partial charge on any atom is -0.390 e. The zero-order valence-electron chi connectivity index (χ0n) is 10.9. The Labute approximate surface area is 109 Å². The third-order valence-corrected chi connectivity index (χ3v) is 5.94. The summed E-state index contributed by atoms with van der Waals surface area (Å²) >= 11 is 0. The molecule has 3 aliphatic rings. The Bertz CT molecular complexity index is 466. The SMILES string of the molecule is O[C@@]12CCC[C@H]1[C@@H]1CCc3ccccc3[C@H]1CC2. The smallest absolute Gasteiger partial charge is 0.0678 e. The van der Waals surface area contributed by atoms with Crippen LogP contribution < -0.4 is 0 Å². The van der Waals surface area contributed by atoms with Crippen LogP contribution in [0.15, 0.2) is 24.3 Å². The normalized spacial score (nSPS) is 41.9. The van der Waals surface area contributed by atoms with Gasteiger partial charge >= 0.3 is 0 Å². The van der Waals surface area contributed by atoms with Crippen molar-refractivity contribution in [2.75, 3.05) is 0 Å². The van der Waals surface area contributed by atoms with Gasteiger partial charge in [0, 0.05) is 0 Å². The number of hydrogen-bond acceptors (Lipinski definition) is 1. The Morgan fingerprint density at radius 3 is 2.89 bits per heavy atom. The van der Waals surface area contributed by atoms with E-state index in [-0.39, 0.29) is 5.60 Å². The van der Waals surface area contributed by atoms with Crippen LogP contribution in [0.4, 0.5) is 0 Å². The monoisotopic (exact) mass is 242 g/mol. The molecule has 0 radical (unpaired) electrons. The molecular weight excluding hydrogens is 220 g/mol. The van der Waals surface area contributed by atoms with Crippen LogP contribution in [0.3, 0.4) is 0 Å². The fraction of sp³-hybridized carbons (Fsp3) is 0.647. The number of fused-ring (bicyclic) bond motifs is 5. The van der Waals surface area contributed by atoms with Gasteiger partial charge < -0.3 is 5.11 Å². The van der Waals surface area contributed by atoms with Crippen molar-refractivity contribution in [2.45, 2.75) is 56.5 Å². The maximum absolute atomic E-state index is 10.8. The zero-order chi connectivity index (χ0) is 12.2. The largest absolute Gasteiger partial charge is 0.390 e. The van der Waals surface area contributed by atoms with Gasteiger partial charge in [0.05, 0.1) is 5.60 Å². The number of aryl methyl sites for hydroxylation is 1. The summed E-state index contributed by atoms with van der Waals surface area (Å²) in [6.45, 7) is 0. The van der Waals surface area contributed by atoms with Gasteiger partial charge in [0.25, 0.3) is 0 Å². The van der Waals surface area contributed by atoms with Gasteiger partial charge in [-0.1, -0.05) is 30.7 Å². The van der Waals surface area contributed by atoms with Crippen LogP contribution in [0.1, 0.15) is 55.6 Å². The predicted octanol–water partition coefficient (Wildman–Crippen LogP) is 3.66. The van der Waals surface area contributed by atoms with Crippen LogP contribution in [0.5, 0.6) is 0 Å². The fourth-order valence-corrected chi connectivity index (χ4v) is 5.14. The molecule has 0 amide bonds. The van der Waals surface area contributed by atoms with Crippen molar-refractivity contribution in [3.05, 3.63) is 35.4 Å². The quantitative estimate of drug-likeness (QED) is 0.736. The first-order chi connectivity index (χ1) is 8.78. The minimum atomic E-state index is -0.298. The zero-order valence-corrected chi connectivity index (χ0v) is 10.9. The van der Waals surface area contributed by atoms with Crippen LogP contribution in [0, 0.1) is 11.8 Å². The maximum atomic E-state index is 10.8. The van der Waals surface area contributed by atoms with Crippen molar-refractivity contribution >= 4 is 0 Å². The van der Waals surface area contributed by atoms with Crippen LogP contribution in [0.25, 0.3) is 0 Å². The summed E-state index contributed by atoms with van der Waals surface area (Å²) < 4.78 is 0. The third kappa shape index (κ3) is 1.43. The van der Waals surface area contributed by atoms with Crippen molar-refractivity contribution in [2.24, 2.45) is 11.8 Å². The molecule has 0 bridgehead atoms. The van der Waals surface area contributed by atoms with E-state index in [2.05, 4.69) is 24.3 Å². The summed E-state index contributed by atoms with van der Waals surface area (Å²) in [4.78, 5) is 0. The van der Waals surface area contributed by atoms with Crippen LogP contribution in [0.2, 0.25) is 0 Å². The molecule has 1 N–H and O–H groups in total. The summed E-state index contributed by atoms with van der Waals surface area (Å²) in [7, 11) is 0. The molecule has 1 heteroatoms. The average Bonchev–Trinajstić information content (AvgIpc) is 2.80. The molecule has 96 valence electrons. The Morgan fingerprint density at radius 2 is 1.94 bits per heavy atom. The second-order valence-electron chi connectivity index (χ2n) is 6.65. The molecule has 0 saturated heterocycles. The molecule has 0 aromatic heterocycles. The lowest BCUT2D eigenvalue weighted by Gasteiger charge is -2.48. The summed E-state index contributed by atoms with van der Waals surface area (Å²) in [6, 6.07) is 9.01. The highest BCUT2D eigenvalue weighted by molar-refractivity contribution is 5.34. The molecule has 0 spiro atoms. The van der Waals surface area contributed by atoms with E-state index in [4.69, 9.17) is 0 Å². The second kappa shape index (κ2) is 3.84. The standard InChI is InChI=1S/C17H22O/c18-17-10-3-6-16(17)15-8-7-12-4-1-2-5-13(12)14(15)9-11-17/h1-2,4-5,14-16,18H,3,6-11H2/t14-,15-,16+,17-/m1/s1. The molecule has 1 nitrogen and oxygen atoms in total. The van der Waals surface area contributed by atoms with Gasteiger partial charge in [-0.05, 0) is 67.4 Å². The van der Waals surface area contributed by atoms with Gasteiger partial charge in [-0.15, -0.1) is 0 Å². The second-order valence-corrected chi connectivity index (χ2v) is 6.65. The molecule has 3 aliphatic carbocycles. The molecule has 2 fully saturated rings. The van der Waals surface area contributed by atoms with Gasteiger partial charge in [0.1, 0.15) is 0 Å². The van der Waals surface area contributed by atoms with E-state index in [0.717, 1.165) is 24.7 Å². The van der Waals surface area contributed by atoms with Gasteiger partial charge in [0.2, 0.25) is 0 Å². The van der Waals surface area contributed by atoms with Crippen molar-refractivity contribution in [1.29, 1.82) is 0 Å². The van der Waals surface area contributed by atoms with Crippen LogP contribution in [-0.2, 0) is 6.42 Å². The van der Waals surface area contributed by atoms with Crippen molar-refractivity contribution < 1.29 is 5.11 Å². The molecule has 2 saturated carbocycles. The number of rotatable bonds is 0. The first kappa shape index (κ1) is 11.0. The highest BCUT2D eigenvalue weighted by Gasteiger charge is 2.51. The van der Waals surface area contributed by atoms with E-state index in [9.17, 15) is 5.11 Å². The van der Waals surface area contributed by atoms with Crippen LogP contribution >= 0.6 is 0 Å². The van der Waals surface area contributed by atoms with Gasteiger partial charge in [0.15, 0.2) is 0 Å². The van der Waals surface area contributed by atoms with Gasteiger partial charge in [-0.2, -0.15) is 0 Å². The van der Waals surface area contributed by atoms with Crippen molar-refractivity contribution in [3.63, 3.8) is 0 Å². The predicted molar refractivity (Wildman–Crippen MR) is 72.5 cm³/mol. The lowest BCUT2D eigenvalue weighted by Crippen LogP contribution is -2.45. The van der Waals surface area contributed by atoms with Gasteiger partial charge in [-0.3, -0.25) is 0 Å². The molecular formula is C17H22O. The highest BCUT2D eigenvalue weighted by atomic mass is 16.3. The average molecular weight is 242 g/mol. The summed E-state index contributed by atoms with van der Waals surface area (Å²) in [5, 5.41) is 10.8. The minimum absolute atomic E-state index is 0.298. The molecule has 1 aromatic carbocycles. The Morgan fingerprint density at radius 1 is 1.06 bits per heavy atom. The topological polar surface area (TPSA) is 20.2 Å². The molecule has 0 unspecified atom stereocenters. The molecule has 1 aromatic rings. The van der Waals surface area contributed by atoms with Gasteiger partial charge in [-0.25, -0.2) is 0 Å². The van der Waals surface area contributed by atoms with E-state index < -0.39 is 0 Å². The number of hydrogen-bond donors (Lipinski definition) is 1. The lowest BCUT2D eigenvalue weighted by molar-refractivity contribution is -0.0640. The first-order valence-electron chi connectivity index (χ1n) is 7.58. The molecule has 18 heavy (non-hydrogen) atoms.